The number of pyridine rings is 3. The van der Waals surface area contributed by atoms with Crippen LogP contribution in [0.3, 0.4) is 0 Å². The zero-order valence-corrected chi connectivity index (χ0v) is 16.5. The Kier molecular flexibility index (Phi) is 5.95. The zero-order chi connectivity index (χ0) is 18.4. The van der Waals surface area contributed by atoms with E-state index in [2.05, 4.69) is 59.2 Å². The van der Waals surface area contributed by atoms with Gasteiger partial charge in [0.15, 0.2) is 0 Å². The van der Waals surface area contributed by atoms with Gasteiger partial charge in [-0.15, -0.1) is 0 Å². The Hall–Kier alpha value is -2.32. The molecule has 0 spiro atoms. The normalized spacial score (nSPS) is 12.0. The van der Waals surface area contributed by atoms with Gasteiger partial charge in [-0.1, -0.05) is 24.3 Å². The predicted molar refractivity (Wildman–Crippen MR) is 115 cm³/mol. The van der Waals surface area contributed by atoms with E-state index in [9.17, 15) is 0 Å². The van der Waals surface area contributed by atoms with Crippen molar-refractivity contribution < 1.29 is 0 Å². The number of hydrogen-bond acceptors (Lipinski definition) is 3. The molecular weight excluding hydrogens is 336 g/mol. The fourth-order valence-electron chi connectivity index (χ4n) is 2.84. The van der Waals surface area contributed by atoms with Crippen LogP contribution < -0.4 is 11.2 Å². The number of hydrogen-bond donors (Lipinski definition) is 0. The summed E-state index contributed by atoms with van der Waals surface area (Å²) in [5, 5.41) is 0. The highest BCUT2D eigenvalue weighted by molar-refractivity contribution is 7.73. The molecule has 3 aromatic rings. The summed E-state index contributed by atoms with van der Waals surface area (Å²) < 4.78 is 0. The topological polar surface area (TPSA) is 38.7 Å². The van der Waals surface area contributed by atoms with Crippen LogP contribution in [-0.2, 0) is 0 Å². The van der Waals surface area contributed by atoms with Crippen LogP contribution in [0.5, 0.6) is 0 Å². The first-order chi connectivity index (χ1) is 12.5. The van der Waals surface area contributed by atoms with Gasteiger partial charge < -0.3 is 0 Å². The van der Waals surface area contributed by atoms with Crippen molar-refractivity contribution in [2.45, 2.75) is 0 Å². The lowest BCUT2D eigenvalue weighted by molar-refractivity contribution is 1.28. The van der Waals surface area contributed by atoms with Gasteiger partial charge in [-0.05, 0) is 41.9 Å². The maximum atomic E-state index is 4.65. The molecule has 3 rings (SSSR count). The standard InChI is InChI=1S/C21H24BN3P/c1-26(2,3)17-13-18(19-10-4-7-14-23-19)22(20-11-5-8-15-24-20)21-12-6-9-16-25-21/h4-16H,17H2,1-3H3/q+1/b18-13-. The smallest absolute Gasteiger partial charge is 0.270 e. The molecule has 0 unspecified atom stereocenters. The molecule has 0 fully saturated rings. The van der Waals surface area contributed by atoms with Gasteiger partial charge in [0, 0.05) is 57.0 Å². The predicted octanol–water partition coefficient (Wildman–Crippen LogP) is 3.01. The number of aromatic nitrogens is 3. The van der Waals surface area contributed by atoms with Crippen molar-refractivity contribution in [1.82, 2.24) is 15.0 Å². The summed E-state index contributed by atoms with van der Waals surface area (Å²) in [7, 11) is -0.958. The van der Waals surface area contributed by atoms with Crippen LogP contribution >= 0.6 is 7.26 Å². The second kappa shape index (κ2) is 8.38. The van der Waals surface area contributed by atoms with E-state index in [0.29, 0.717) is 0 Å². The first kappa shape index (κ1) is 18.5. The average molecular weight is 360 g/mol. The fraction of sp³-hybridized carbons (Fsp3) is 0.190. The van der Waals surface area contributed by atoms with E-state index in [-0.39, 0.29) is 6.71 Å². The Morgan fingerprint density at radius 2 is 1.35 bits per heavy atom. The third kappa shape index (κ3) is 4.86. The van der Waals surface area contributed by atoms with Gasteiger partial charge in [-0.25, -0.2) is 0 Å². The third-order valence-corrected chi connectivity index (χ3v) is 5.38. The van der Waals surface area contributed by atoms with E-state index >= 15 is 0 Å². The highest BCUT2D eigenvalue weighted by Gasteiger charge is 2.29. The third-order valence-electron chi connectivity index (χ3n) is 4.10. The largest absolute Gasteiger partial charge is 0.290 e. The summed E-state index contributed by atoms with van der Waals surface area (Å²) in [4.78, 5) is 13.9. The van der Waals surface area contributed by atoms with E-state index in [1.807, 2.05) is 55.0 Å². The minimum atomic E-state index is -0.958. The Labute approximate surface area is 157 Å². The first-order valence-corrected chi connectivity index (χ1v) is 12.1. The molecule has 0 atom stereocenters. The summed E-state index contributed by atoms with van der Waals surface area (Å²) in [5.74, 6) is 0. The van der Waals surface area contributed by atoms with Gasteiger partial charge >= 0.3 is 0 Å². The molecule has 0 aliphatic rings. The molecule has 0 bridgehead atoms. The molecule has 0 aliphatic carbocycles. The van der Waals surface area contributed by atoms with Crippen molar-refractivity contribution in [3.8, 4) is 0 Å². The van der Waals surface area contributed by atoms with Crippen molar-refractivity contribution in [3.63, 3.8) is 0 Å². The molecule has 0 N–H and O–H groups in total. The molecule has 0 radical (unpaired) electrons. The number of rotatable bonds is 6. The number of allylic oxidation sites excluding steroid dienone is 1. The van der Waals surface area contributed by atoms with Gasteiger partial charge in [0.1, 0.15) is 0 Å². The lowest BCUT2D eigenvalue weighted by Crippen LogP contribution is -2.46. The summed E-state index contributed by atoms with van der Waals surface area (Å²) in [6.07, 6.45) is 8.96. The van der Waals surface area contributed by atoms with Gasteiger partial charge in [0.05, 0.1) is 11.9 Å². The molecule has 0 saturated heterocycles. The van der Waals surface area contributed by atoms with Crippen LogP contribution in [0.15, 0.2) is 79.3 Å². The van der Waals surface area contributed by atoms with Gasteiger partial charge in [-0.2, -0.15) is 0 Å². The SMILES string of the molecule is C[P+](C)(C)C/C=C(\B(c1ccccn1)c1ccccn1)c1ccccn1. The first-order valence-electron chi connectivity index (χ1n) is 8.78. The zero-order valence-electron chi connectivity index (χ0n) is 15.6. The van der Waals surface area contributed by atoms with Crippen molar-refractivity contribution in [2.24, 2.45) is 0 Å². The van der Waals surface area contributed by atoms with Crippen LogP contribution in [0.4, 0.5) is 0 Å². The molecular formula is C21H24BN3P+. The minimum Gasteiger partial charge on any atom is -0.270 e. The van der Waals surface area contributed by atoms with E-state index in [4.69, 9.17) is 0 Å². The summed E-state index contributed by atoms with van der Waals surface area (Å²) in [5.41, 5.74) is 4.16. The van der Waals surface area contributed by atoms with Crippen molar-refractivity contribution in [3.05, 3.63) is 85.0 Å². The molecule has 0 saturated carbocycles. The average Bonchev–Trinajstić information content (AvgIpc) is 2.66. The Morgan fingerprint density at radius 1 is 0.808 bits per heavy atom. The van der Waals surface area contributed by atoms with E-state index in [1.54, 1.807) is 0 Å². The molecule has 130 valence electrons. The molecule has 0 amide bonds. The minimum absolute atomic E-state index is 0.0288. The van der Waals surface area contributed by atoms with Crippen LogP contribution in [0.2, 0.25) is 0 Å². The Balaban J connectivity index is 2.16. The Morgan fingerprint density at radius 3 is 1.77 bits per heavy atom. The van der Waals surface area contributed by atoms with Crippen LogP contribution in [0.1, 0.15) is 5.69 Å². The van der Waals surface area contributed by atoms with E-state index < -0.39 is 7.26 Å². The number of nitrogens with zero attached hydrogens (tertiary/aromatic N) is 3. The molecule has 3 nitrogen and oxygen atoms in total. The maximum Gasteiger partial charge on any atom is 0.290 e. The van der Waals surface area contributed by atoms with E-state index in [1.165, 1.54) is 5.47 Å². The molecule has 0 aromatic carbocycles. The monoisotopic (exact) mass is 360 g/mol. The molecule has 5 heteroatoms. The van der Waals surface area contributed by atoms with Crippen LogP contribution in [0.25, 0.3) is 5.47 Å². The fourth-order valence-corrected chi connectivity index (χ4v) is 3.58. The Bertz CT molecular complexity index is 807. The quantitative estimate of drug-likeness (QED) is 0.501. The van der Waals surface area contributed by atoms with Crippen molar-refractivity contribution >= 4 is 30.6 Å². The molecule has 0 aliphatic heterocycles. The highest BCUT2D eigenvalue weighted by Crippen LogP contribution is 2.46. The molecule has 3 aromatic heterocycles. The lowest BCUT2D eigenvalue weighted by atomic mass is 9.38. The van der Waals surface area contributed by atoms with Crippen molar-refractivity contribution in [2.75, 3.05) is 26.2 Å². The van der Waals surface area contributed by atoms with E-state index in [0.717, 1.165) is 23.0 Å². The molecule has 26 heavy (non-hydrogen) atoms. The van der Waals surface area contributed by atoms with Crippen LogP contribution in [0, 0.1) is 0 Å². The maximum absolute atomic E-state index is 4.65. The second-order valence-corrected chi connectivity index (χ2v) is 12.2. The van der Waals surface area contributed by atoms with Crippen LogP contribution in [-0.4, -0.2) is 47.8 Å². The van der Waals surface area contributed by atoms with Crippen molar-refractivity contribution in [1.29, 1.82) is 0 Å². The summed E-state index contributed by atoms with van der Waals surface area (Å²) in [6, 6.07) is 18.2. The van der Waals surface area contributed by atoms with Gasteiger partial charge in [-0.3, -0.25) is 15.0 Å². The summed E-state index contributed by atoms with van der Waals surface area (Å²) >= 11 is 0. The lowest BCUT2D eigenvalue weighted by Gasteiger charge is -2.18. The molecule has 3 heterocycles. The summed E-state index contributed by atoms with van der Waals surface area (Å²) in [6.45, 7) is 7.04. The van der Waals surface area contributed by atoms with Gasteiger partial charge in [0.2, 0.25) is 0 Å². The second-order valence-electron chi connectivity index (χ2n) is 7.29. The van der Waals surface area contributed by atoms with Gasteiger partial charge in [0.25, 0.3) is 6.71 Å². The highest BCUT2D eigenvalue weighted by atomic mass is 31.2.